The van der Waals surface area contributed by atoms with Gasteiger partial charge in [0.25, 0.3) is 5.91 Å². The molecule has 0 spiro atoms. The summed E-state index contributed by atoms with van der Waals surface area (Å²) < 4.78 is 5.16. The number of primary amides is 1. The number of carbonyl (C=O) groups excluding carboxylic acids is 2. The number of benzene rings is 1. The van der Waals surface area contributed by atoms with Gasteiger partial charge in [0.1, 0.15) is 17.2 Å². The first-order chi connectivity index (χ1) is 10.1. The maximum atomic E-state index is 12.6. The van der Waals surface area contributed by atoms with E-state index in [4.69, 9.17) is 10.5 Å². The minimum atomic E-state index is -0.546. The van der Waals surface area contributed by atoms with Gasteiger partial charge in [-0.05, 0) is 17.0 Å². The van der Waals surface area contributed by atoms with E-state index < -0.39 is 5.91 Å². The monoisotopic (exact) mass is 304 g/mol. The molecule has 0 aliphatic carbocycles. The van der Waals surface area contributed by atoms with Crippen molar-refractivity contribution in [3.05, 3.63) is 52.2 Å². The van der Waals surface area contributed by atoms with Crippen LogP contribution in [0.25, 0.3) is 0 Å². The van der Waals surface area contributed by atoms with Crippen LogP contribution in [0.15, 0.2) is 41.8 Å². The van der Waals surface area contributed by atoms with Gasteiger partial charge in [-0.1, -0.05) is 30.3 Å². The largest absolute Gasteiger partial charge is 0.495 e. The average molecular weight is 304 g/mol. The summed E-state index contributed by atoms with van der Waals surface area (Å²) in [4.78, 5) is 25.7. The molecule has 2 aromatic rings. The van der Waals surface area contributed by atoms with E-state index in [1.54, 1.807) is 11.4 Å². The fourth-order valence-electron chi connectivity index (χ4n) is 1.95. The van der Waals surface area contributed by atoms with E-state index in [1.165, 1.54) is 23.3 Å². The number of methoxy groups -OCH3 is 1. The smallest absolute Gasteiger partial charge is 0.268 e. The molecule has 2 N–H and O–H groups in total. The number of hydrogen-bond donors (Lipinski definition) is 1. The zero-order valence-electron chi connectivity index (χ0n) is 11.6. The second-order valence-electron chi connectivity index (χ2n) is 4.43. The Morgan fingerprint density at radius 3 is 2.57 bits per heavy atom. The zero-order valence-corrected chi connectivity index (χ0v) is 12.4. The third-order valence-electron chi connectivity index (χ3n) is 2.89. The van der Waals surface area contributed by atoms with Gasteiger partial charge in [-0.25, -0.2) is 0 Å². The topological polar surface area (TPSA) is 72.6 Å². The average Bonchev–Trinajstić information content (AvgIpc) is 2.95. The lowest BCUT2D eigenvalue weighted by atomic mass is 10.2. The number of thiophene rings is 1. The highest BCUT2D eigenvalue weighted by Gasteiger charge is 2.22. The van der Waals surface area contributed by atoms with Crippen LogP contribution in [0.1, 0.15) is 15.2 Å². The molecule has 110 valence electrons. The lowest BCUT2D eigenvalue weighted by molar-refractivity contribution is -0.118. The van der Waals surface area contributed by atoms with Crippen LogP contribution in [0.2, 0.25) is 0 Å². The van der Waals surface area contributed by atoms with E-state index in [0.717, 1.165) is 5.56 Å². The molecule has 0 fully saturated rings. The SMILES string of the molecule is COc1ccsc1C(=O)N(CC(N)=O)Cc1ccccc1. The number of nitrogens with two attached hydrogens (primary N) is 1. The Morgan fingerprint density at radius 1 is 1.24 bits per heavy atom. The highest BCUT2D eigenvalue weighted by molar-refractivity contribution is 7.12. The molecule has 0 bridgehead atoms. The summed E-state index contributed by atoms with van der Waals surface area (Å²) >= 11 is 1.28. The Hall–Kier alpha value is -2.34. The first-order valence-electron chi connectivity index (χ1n) is 6.34. The van der Waals surface area contributed by atoms with Crippen LogP contribution in [-0.2, 0) is 11.3 Å². The summed E-state index contributed by atoms with van der Waals surface area (Å²) in [5.41, 5.74) is 6.18. The molecular weight excluding hydrogens is 288 g/mol. The molecule has 1 heterocycles. The molecule has 21 heavy (non-hydrogen) atoms. The summed E-state index contributed by atoms with van der Waals surface area (Å²) in [6.45, 7) is 0.193. The lowest BCUT2D eigenvalue weighted by Gasteiger charge is -2.21. The molecule has 5 nitrogen and oxygen atoms in total. The molecule has 0 radical (unpaired) electrons. The van der Waals surface area contributed by atoms with Gasteiger partial charge in [-0.3, -0.25) is 9.59 Å². The van der Waals surface area contributed by atoms with Crippen LogP contribution in [0, 0.1) is 0 Å². The van der Waals surface area contributed by atoms with Gasteiger partial charge < -0.3 is 15.4 Å². The van der Waals surface area contributed by atoms with E-state index in [-0.39, 0.29) is 12.5 Å². The van der Waals surface area contributed by atoms with Crippen LogP contribution >= 0.6 is 11.3 Å². The second kappa shape index (κ2) is 6.90. The molecule has 0 aliphatic rings. The predicted octanol–water partition coefficient (Wildman–Crippen LogP) is 1.88. The summed E-state index contributed by atoms with van der Waals surface area (Å²) in [5.74, 6) is -0.299. The fourth-order valence-corrected chi connectivity index (χ4v) is 2.77. The van der Waals surface area contributed by atoms with Crippen LogP contribution in [-0.4, -0.2) is 30.4 Å². The van der Waals surface area contributed by atoms with Crippen molar-refractivity contribution >= 4 is 23.2 Å². The molecular formula is C15H16N2O3S. The third-order valence-corrected chi connectivity index (χ3v) is 3.78. The quantitative estimate of drug-likeness (QED) is 0.885. The zero-order chi connectivity index (χ0) is 15.2. The maximum absolute atomic E-state index is 12.6. The molecule has 2 amide bonds. The number of nitrogens with zero attached hydrogens (tertiary/aromatic N) is 1. The van der Waals surface area contributed by atoms with Gasteiger partial charge in [0, 0.05) is 6.54 Å². The van der Waals surface area contributed by atoms with Crippen molar-refractivity contribution in [3.8, 4) is 5.75 Å². The highest BCUT2D eigenvalue weighted by Crippen LogP contribution is 2.26. The first kappa shape index (κ1) is 15.1. The molecule has 6 heteroatoms. The number of rotatable bonds is 6. The number of ether oxygens (including phenoxy) is 1. The summed E-state index contributed by atoms with van der Waals surface area (Å²) in [7, 11) is 1.51. The van der Waals surface area contributed by atoms with Gasteiger partial charge in [0.05, 0.1) is 7.11 Å². The number of amides is 2. The normalized spacial score (nSPS) is 10.1. The molecule has 1 aromatic carbocycles. The molecule has 0 saturated heterocycles. The molecule has 1 aromatic heterocycles. The van der Waals surface area contributed by atoms with Crippen molar-refractivity contribution < 1.29 is 14.3 Å². The van der Waals surface area contributed by atoms with Crippen molar-refractivity contribution in [1.82, 2.24) is 4.90 Å². The lowest BCUT2D eigenvalue weighted by Crippen LogP contribution is -2.37. The molecule has 0 atom stereocenters. The fraction of sp³-hybridized carbons (Fsp3) is 0.200. The summed E-state index contributed by atoms with van der Waals surface area (Å²) in [6.07, 6.45) is 0. The van der Waals surface area contributed by atoms with E-state index in [2.05, 4.69) is 0 Å². The third kappa shape index (κ3) is 3.82. The van der Waals surface area contributed by atoms with Crippen LogP contribution in [0.3, 0.4) is 0 Å². The Morgan fingerprint density at radius 2 is 1.95 bits per heavy atom. The Balaban J connectivity index is 2.23. The maximum Gasteiger partial charge on any atom is 0.268 e. The van der Waals surface area contributed by atoms with Crippen LogP contribution in [0.5, 0.6) is 5.75 Å². The highest BCUT2D eigenvalue weighted by atomic mass is 32.1. The summed E-state index contributed by atoms with van der Waals surface area (Å²) in [6, 6.07) is 11.2. The van der Waals surface area contributed by atoms with Gasteiger partial charge in [-0.15, -0.1) is 11.3 Å². The molecule has 2 rings (SSSR count). The van der Waals surface area contributed by atoms with Crippen molar-refractivity contribution in [2.45, 2.75) is 6.54 Å². The van der Waals surface area contributed by atoms with Gasteiger partial charge in [-0.2, -0.15) is 0 Å². The van der Waals surface area contributed by atoms with Crippen molar-refractivity contribution in [2.24, 2.45) is 5.73 Å². The number of carbonyl (C=O) groups is 2. The van der Waals surface area contributed by atoms with E-state index >= 15 is 0 Å². The predicted molar refractivity (Wildman–Crippen MR) is 81.2 cm³/mol. The molecule has 0 saturated carbocycles. The van der Waals surface area contributed by atoms with Gasteiger partial charge >= 0.3 is 0 Å². The minimum Gasteiger partial charge on any atom is -0.495 e. The minimum absolute atomic E-state index is 0.130. The van der Waals surface area contributed by atoms with Crippen molar-refractivity contribution in [1.29, 1.82) is 0 Å². The van der Waals surface area contributed by atoms with E-state index in [0.29, 0.717) is 17.2 Å². The van der Waals surface area contributed by atoms with E-state index in [9.17, 15) is 9.59 Å². The van der Waals surface area contributed by atoms with Crippen molar-refractivity contribution in [2.75, 3.05) is 13.7 Å². The number of hydrogen-bond acceptors (Lipinski definition) is 4. The molecule has 0 unspecified atom stereocenters. The van der Waals surface area contributed by atoms with Crippen LogP contribution in [0.4, 0.5) is 0 Å². The Bertz CT molecular complexity index is 625. The Kier molecular flexibility index (Phi) is 4.94. The van der Waals surface area contributed by atoms with Gasteiger partial charge in [0.15, 0.2) is 0 Å². The van der Waals surface area contributed by atoms with Crippen molar-refractivity contribution in [3.63, 3.8) is 0 Å². The summed E-state index contributed by atoms with van der Waals surface area (Å²) in [5, 5.41) is 1.77. The Labute approximate surface area is 126 Å². The second-order valence-corrected chi connectivity index (χ2v) is 5.35. The van der Waals surface area contributed by atoms with Gasteiger partial charge in [0.2, 0.25) is 5.91 Å². The first-order valence-corrected chi connectivity index (χ1v) is 7.22. The van der Waals surface area contributed by atoms with E-state index in [1.807, 2.05) is 30.3 Å². The molecule has 0 aliphatic heterocycles. The van der Waals surface area contributed by atoms with Crippen LogP contribution < -0.4 is 10.5 Å². The standard InChI is InChI=1S/C15H16N2O3S/c1-20-12-7-8-21-14(12)15(19)17(10-13(16)18)9-11-5-3-2-4-6-11/h2-8H,9-10H2,1H3,(H2,16,18).